The van der Waals surface area contributed by atoms with Crippen LogP contribution in [0.5, 0.6) is 0 Å². The zero-order valence-corrected chi connectivity index (χ0v) is 28.7. The third-order valence-corrected chi connectivity index (χ3v) is 11.6. The molecule has 1 saturated heterocycles. The summed E-state index contributed by atoms with van der Waals surface area (Å²) in [5.41, 5.74) is 12.7. The maximum atomic E-state index is 12.3. The van der Waals surface area contributed by atoms with E-state index in [0.29, 0.717) is 18.6 Å². The number of carbonyl (C=O) groups is 1. The van der Waals surface area contributed by atoms with Crippen molar-refractivity contribution in [2.75, 3.05) is 7.11 Å². The zero-order chi connectivity index (χ0) is 33.4. The summed E-state index contributed by atoms with van der Waals surface area (Å²) in [6.45, 7) is 12.5. The Hall–Kier alpha value is -4.04. The van der Waals surface area contributed by atoms with Crippen LogP contribution in [0.15, 0.2) is 106 Å². The van der Waals surface area contributed by atoms with Crippen molar-refractivity contribution < 1.29 is 19.7 Å². The molecule has 0 spiro atoms. The first-order valence-electron chi connectivity index (χ1n) is 17.2. The lowest BCUT2D eigenvalue weighted by Crippen LogP contribution is -2.36. The van der Waals surface area contributed by atoms with E-state index in [-0.39, 0.29) is 30.1 Å². The van der Waals surface area contributed by atoms with Crippen LogP contribution in [0.4, 0.5) is 0 Å². The lowest BCUT2D eigenvalue weighted by molar-refractivity contribution is -0.140. The number of aliphatic hydroxyl groups excluding tert-OH is 1. The van der Waals surface area contributed by atoms with E-state index in [0.717, 1.165) is 117 Å². The van der Waals surface area contributed by atoms with Gasteiger partial charge in [0.05, 0.1) is 46.9 Å². The molecule has 3 N–H and O–H groups in total. The summed E-state index contributed by atoms with van der Waals surface area (Å²) in [5, 5.41) is 27.3. The second-order valence-electron chi connectivity index (χ2n) is 14.2. The van der Waals surface area contributed by atoms with Gasteiger partial charge in [-0.1, -0.05) is 26.7 Å². The Bertz CT molecular complexity index is 1840. The molecule has 0 aromatic heterocycles. The quantitative estimate of drug-likeness (QED) is 0.261. The lowest BCUT2D eigenvalue weighted by Gasteiger charge is -2.32. The third-order valence-electron chi connectivity index (χ3n) is 11.6. The van der Waals surface area contributed by atoms with Crippen molar-refractivity contribution in [1.29, 1.82) is 0 Å². The Labute approximate surface area is 277 Å². The summed E-state index contributed by atoms with van der Waals surface area (Å²) in [7, 11) is 1.42. The highest BCUT2D eigenvalue weighted by molar-refractivity contribution is 6.21. The molecule has 1 saturated carbocycles. The second kappa shape index (κ2) is 11.6. The Morgan fingerprint density at radius 2 is 1.72 bits per heavy atom. The number of carbonyl (C=O) groups excluding carboxylic acids is 1. The number of methoxy groups -OCH3 is 1. The molecular weight excluding hydrogens is 588 g/mol. The number of nitrogens with one attached hydrogen (secondary N) is 1. The van der Waals surface area contributed by atoms with Crippen molar-refractivity contribution in [3.63, 3.8) is 0 Å². The molecule has 8 bridgehead atoms. The van der Waals surface area contributed by atoms with E-state index >= 15 is 0 Å². The fourth-order valence-electron chi connectivity index (χ4n) is 8.81. The van der Waals surface area contributed by atoms with Crippen molar-refractivity contribution in [1.82, 2.24) is 5.32 Å². The van der Waals surface area contributed by atoms with Gasteiger partial charge >= 0.3 is 5.97 Å². The van der Waals surface area contributed by atoms with E-state index in [4.69, 9.17) is 19.7 Å². The molecule has 7 rings (SSSR count). The molecule has 8 nitrogen and oxygen atoms in total. The molecule has 2 fully saturated rings. The van der Waals surface area contributed by atoms with E-state index in [9.17, 15) is 15.0 Å². The number of allylic oxidation sites excluding steroid dienone is 11. The number of nitrogens with zero attached hydrogens (tertiary/aromatic N) is 3. The highest BCUT2D eigenvalue weighted by Crippen LogP contribution is 2.48. The first-order valence-corrected chi connectivity index (χ1v) is 17.2. The molecule has 5 heterocycles. The minimum atomic E-state index is -1.03. The van der Waals surface area contributed by atoms with E-state index in [1.54, 1.807) is 0 Å². The first kappa shape index (κ1) is 31.6. The van der Waals surface area contributed by atoms with Crippen molar-refractivity contribution in [3.8, 4) is 0 Å². The first-order chi connectivity index (χ1) is 22.4. The fraction of sp³-hybridized carbons (Fsp3) is 0.487. The van der Waals surface area contributed by atoms with Gasteiger partial charge in [0, 0.05) is 52.8 Å². The van der Waals surface area contributed by atoms with Gasteiger partial charge in [-0.3, -0.25) is 4.79 Å². The fourth-order valence-corrected chi connectivity index (χ4v) is 8.81. The molecule has 2 aliphatic carbocycles. The summed E-state index contributed by atoms with van der Waals surface area (Å²) in [4.78, 5) is 27.8. The van der Waals surface area contributed by atoms with E-state index in [1.165, 1.54) is 7.11 Å². The van der Waals surface area contributed by atoms with E-state index in [2.05, 4.69) is 45.2 Å². The molecule has 246 valence electrons. The van der Waals surface area contributed by atoms with Crippen LogP contribution >= 0.6 is 0 Å². The van der Waals surface area contributed by atoms with Crippen molar-refractivity contribution in [2.45, 2.75) is 98.5 Å². The summed E-state index contributed by atoms with van der Waals surface area (Å²) >= 11 is 0. The van der Waals surface area contributed by atoms with Crippen LogP contribution in [0.3, 0.4) is 0 Å². The molecule has 1 unspecified atom stereocenters. The predicted octanol–water partition coefficient (Wildman–Crippen LogP) is 7.55. The van der Waals surface area contributed by atoms with Gasteiger partial charge in [0.25, 0.3) is 0 Å². The Kier molecular flexibility index (Phi) is 7.78. The molecule has 5 aliphatic heterocycles. The monoisotopic (exact) mass is 634 g/mol. The number of esters is 1. The van der Waals surface area contributed by atoms with Crippen LogP contribution in [0, 0.1) is 17.8 Å². The summed E-state index contributed by atoms with van der Waals surface area (Å²) in [6.07, 6.45) is 12.6. The third kappa shape index (κ3) is 4.98. The minimum absolute atomic E-state index is 0.00944. The highest BCUT2D eigenvalue weighted by atomic mass is 16.5. The van der Waals surface area contributed by atoms with Crippen molar-refractivity contribution in [3.05, 3.63) is 91.5 Å². The van der Waals surface area contributed by atoms with Crippen molar-refractivity contribution in [2.24, 2.45) is 32.7 Å². The van der Waals surface area contributed by atoms with Crippen LogP contribution < -0.4 is 5.32 Å². The lowest BCUT2D eigenvalue weighted by atomic mass is 9.78. The van der Waals surface area contributed by atoms with Crippen LogP contribution in [-0.2, 0) is 9.53 Å². The summed E-state index contributed by atoms with van der Waals surface area (Å²) < 4.78 is 5.02. The largest absolute Gasteiger partial charge is 0.511 e. The maximum Gasteiger partial charge on any atom is 0.305 e. The number of aliphatic hydroxyl groups is 2. The number of fused-ring (bicyclic) bond motifs is 5. The van der Waals surface area contributed by atoms with E-state index in [1.807, 2.05) is 19.9 Å². The molecule has 0 aromatic rings. The maximum absolute atomic E-state index is 12.3. The number of ether oxygens (including phenoxy) is 1. The topological polar surface area (TPSA) is 116 Å². The zero-order valence-electron chi connectivity index (χ0n) is 28.7. The van der Waals surface area contributed by atoms with Gasteiger partial charge in [0.1, 0.15) is 5.76 Å². The molecule has 47 heavy (non-hydrogen) atoms. The van der Waals surface area contributed by atoms with Gasteiger partial charge in [0.2, 0.25) is 0 Å². The average Bonchev–Trinajstić information content (AvgIpc) is 3.87. The number of aliphatic imine (C=N–C) groups is 3. The SMILES string of the molecule is CCC1=C(C)C2=NC1=CC1=C(C)C3=C(O)CC(=C4NC(=CC5=NC(=C2)C(C(C)(O)C2CCCC2)=C5C)[C@@H](C)[C@@H]4CCC(=O)OC)C3=N1. The van der Waals surface area contributed by atoms with Crippen molar-refractivity contribution >= 4 is 23.1 Å². The van der Waals surface area contributed by atoms with Crippen LogP contribution in [0.25, 0.3) is 0 Å². The predicted molar refractivity (Wildman–Crippen MR) is 186 cm³/mol. The van der Waals surface area contributed by atoms with Gasteiger partial charge in [-0.25, -0.2) is 15.0 Å². The van der Waals surface area contributed by atoms with Crippen LogP contribution in [-0.4, -0.2) is 46.0 Å². The number of hydrogen-bond acceptors (Lipinski definition) is 8. The molecule has 8 heteroatoms. The summed E-state index contributed by atoms with van der Waals surface area (Å²) in [6, 6.07) is 0. The number of rotatable bonds is 6. The van der Waals surface area contributed by atoms with E-state index < -0.39 is 5.60 Å². The molecular formula is C39H46N4O4. The minimum Gasteiger partial charge on any atom is -0.511 e. The van der Waals surface area contributed by atoms with Gasteiger partial charge in [0.15, 0.2) is 0 Å². The molecule has 3 atom stereocenters. The molecule has 0 aromatic carbocycles. The normalized spacial score (nSPS) is 26.9. The molecule has 0 amide bonds. The van der Waals surface area contributed by atoms with Crippen LogP contribution in [0.2, 0.25) is 0 Å². The number of hydrogen-bond donors (Lipinski definition) is 3. The second-order valence-corrected chi connectivity index (χ2v) is 14.2. The smallest absolute Gasteiger partial charge is 0.305 e. The van der Waals surface area contributed by atoms with Gasteiger partial charge in [-0.15, -0.1) is 0 Å². The molecule has 0 radical (unpaired) electrons. The average molecular weight is 635 g/mol. The van der Waals surface area contributed by atoms with Gasteiger partial charge < -0.3 is 20.3 Å². The van der Waals surface area contributed by atoms with Crippen LogP contribution in [0.1, 0.15) is 92.9 Å². The van der Waals surface area contributed by atoms with Gasteiger partial charge in [-0.2, -0.15) is 0 Å². The Balaban J connectivity index is 1.46. The Morgan fingerprint density at radius 1 is 1.02 bits per heavy atom. The Morgan fingerprint density at radius 3 is 2.43 bits per heavy atom. The standard InChI is InChI=1S/C39H46N4O4/c1-8-24-19(2)27-18-32-36(39(6,46)23-11-9-10-12-23)22(5)30(41-32)16-28-20(3)25(13-14-34(45)47-7)37(42-28)26-15-33(44)35-21(4)29(43-38(26)35)17-31(24)40-27/h16-18,20,23,25,42,44,46H,8-15H2,1-7H3/t20-,25-,39?/m0/s1. The van der Waals surface area contributed by atoms with Gasteiger partial charge in [-0.05, 0) is 99.8 Å². The molecule has 7 aliphatic rings. The summed E-state index contributed by atoms with van der Waals surface area (Å²) in [5.74, 6) is 0.278. The highest BCUT2D eigenvalue weighted by Gasteiger charge is 2.44.